The van der Waals surface area contributed by atoms with Gasteiger partial charge in [0.25, 0.3) is 11.8 Å². The van der Waals surface area contributed by atoms with Crippen molar-refractivity contribution in [1.82, 2.24) is 5.32 Å². The molecule has 3 rings (SSSR count). The Bertz CT molecular complexity index is 1210. The predicted octanol–water partition coefficient (Wildman–Crippen LogP) is 4.72. The number of hydrogen-bond acceptors (Lipinski definition) is 4. The van der Waals surface area contributed by atoms with Crippen LogP contribution < -0.4 is 20.7 Å². The van der Waals surface area contributed by atoms with Crippen molar-refractivity contribution in [3.8, 4) is 5.75 Å². The molecule has 0 unspecified atom stereocenters. The average molecular weight is 485 g/mol. The third-order valence-electron chi connectivity index (χ3n) is 4.69. The molecule has 0 atom stereocenters. The Balaban J connectivity index is 1.56. The second-order valence-corrected chi connectivity index (χ2v) is 7.30. The molecule has 0 aliphatic heterocycles. The summed E-state index contributed by atoms with van der Waals surface area (Å²) in [5, 5.41) is 7.46. The molecule has 0 fully saturated rings. The number of carbonyl (C=O) groups is 3. The SMILES string of the molecule is CCOc1ccc(C(=O)NCC(=O)Nc2cccc(C(=O)Nc3cccc(C(F)(F)F)c3)c2)cc1. The van der Waals surface area contributed by atoms with Crippen molar-refractivity contribution in [1.29, 1.82) is 0 Å². The molecule has 0 bridgehead atoms. The lowest BCUT2D eigenvalue weighted by Gasteiger charge is -2.11. The Hall–Kier alpha value is -4.34. The maximum Gasteiger partial charge on any atom is 0.416 e. The van der Waals surface area contributed by atoms with Crippen molar-refractivity contribution >= 4 is 29.1 Å². The van der Waals surface area contributed by atoms with Gasteiger partial charge in [0.05, 0.1) is 18.7 Å². The van der Waals surface area contributed by atoms with Gasteiger partial charge in [-0.05, 0) is 67.6 Å². The van der Waals surface area contributed by atoms with Crippen LogP contribution in [-0.4, -0.2) is 30.9 Å². The molecule has 0 aliphatic rings. The predicted molar refractivity (Wildman–Crippen MR) is 124 cm³/mol. The molecule has 10 heteroatoms. The maximum absolute atomic E-state index is 12.9. The molecule has 3 N–H and O–H groups in total. The number of anilines is 2. The Morgan fingerprint density at radius 1 is 0.800 bits per heavy atom. The van der Waals surface area contributed by atoms with Crippen LogP contribution in [0, 0.1) is 0 Å². The summed E-state index contributed by atoms with van der Waals surface area (Å²) in [5.41, 5.74) is -0.143. The Morgan fingerprint density at radius 2 is 1.46 bits per heavy atom. The number of rotatable bonds is 8. The van der Waals surface area contributed by atoms with E-state index in [-0.39, 0.29) is 23.5 Å². The molecule has 0 spiro atoms. The largest absolute Gasteiger partial charge is 0.494 e. The Morgan fingerprint density at radius 3 is 2.11 bits per heavy atom. The average Bonchev–Trinajstić information content (AvgIpc) is 2.83. The first kappa shape index (κ1) is 25.3. The van der Waals surface area contributed by atoms with E-state index in [0.29, 0.717) is 17.9 Å². The normalized spacial score (nSPS) is 10.9. The first-order chi connectivity index (χ1) is 16.7. The topological polar surface area (TPSA) is 96.5 Å². The molecular formula is C25H22F3N3O4. The van der Waals surface area contributed by atoms with Gasteiger partial charge in [-0.25, -0.2) is 0 Å². The fourth-order valence-electron chi connectivity index (χ4n) is 3.05. The molecule has 182 valence electrons. The van der Waals surface area contributed by atoms with Gasteiger partial charge in [0.1, 0.15) is 5.75 Å². The van der Waals surface area contributed by atoms with Crippen LogP contribution >= 0.6 is 0 Å². The fraction of sp³-hybridized carbons (Fsp3) is 0.160. The lowest BCUT2D eigenvalue weighted by Crippen LogP contribution is -2.32. The van der Waals surface area contributed by atoms with Gasteiger partial charge >= 0.3 is 6.18 Å². The van der Waals surface area contributed by atoms with Crippen LogP contribution in [0.3, 0.4) is 0 Å². The summed E-state index contributed by atoms with van der Waals surface area (Å²) in [6.45, 7) is 2.03. The standard InChI is InChI=1S/C25H22F3N3O4/c1-2-35-21-11-9-16(10-12-21)23(33)29-15-22(32)30-19-7-3-5-17(13-19)24(34)31-20-8-4-6-18(14-20)25(26,27)28/h3-14H,2,15H2,1H3,(H,29,33)(H,30,32)(H,31,34). The van der Waals surface area contributed by atoms with Crippen LogP contribution in [-0.2, 0) is 11.0 Å². The van der Waals surface area contributed by atoms with Gasteiger partial charge in [-0.1, -0.05) is 12.1 Å². The summed E-state index contributed by atoms with van der Waals surface area (Å²) in [6, 6.07) is 16.6. The van der Waals surface area contributed by atoms with Gasteiger partial charge < -0.3 is 20.7 Å². The summed E-state index contributed by atoms with van der Waals surface area (Å²) in [4.78, 5) is 36.9. The maximum atomic E-state index is 12.9. The highest BCUT2D eigenvalue weighted by Gasteiger charge is 2.30. The van der Waals surface area contributed by atoms with Crippen LogP contribution in [0.2, 0.25) is 0 Å². The van der Waals surface area contributed by atoms with E-state index < -0.39 is 29.5 Å². The first-order valence-corrected chi connectivity index (χ1v) is 10.6. The number of alkyl halides is 3. The van der Waals surface area contributed by atoms with Crippen molar-refractivity contribution in [3.05, 3.63) is 89.5 Å². The monoisotopic (exact) mass is 485 g/mol. The molecule has 0 radical (unpaired) electrons. The van der Waals surface area contributed by atoms with E-state index in [9.17, 15) is 27.6 Å². The van der Waals surface area contributed by atoms with E-state index >= 15 is 0 Å². The van der Waals surface area contributed by atoms with Crippen molar-refractivity contribution in [2.24, 2.45) is 0 Å². The van der Waals surface area contributed by atoms with E-state index in [4.69, 9.17) is 4.74 Å². The van der Waals surface area contributed by atoms with Crippen LogP contribution in [0.25, 0.3) is 0 Å². The first-order valence-electron chi connectivity index (χ1n) is 10.6. The minimum Gasteiger partial charge on any atom is -0.494 e. The number of nitrogens with one attached hydrogen (secondary N) is 3. The molecule has 7 nitrogen and oxygen atoms in total. The van der Waals surface area contributed by atoms with Crippen LogP contribution in [0.1, 0.15) is 33.2 Å². The van der Waals surface area contributed by atoms with E-state index in [1.54, 1.807) is 24.3 Å². The molecule has 3 aromatic rings. The quantitative estimate of drug-likeness (QED) is 0.430. The number of amides is 3. The summed E-state index contributed by atoms with van der Waals surface area (Å²) in [5.74, 6) is -1.000. The second-order valence-electron chi connectivity index (χ2n) is 7.30. The zero-order valence-electron chi connectivity index (χ0n) is 18.6. The molecule has 0 saturated heterocycles. The lowest BCUT2D eigenvalue weighted by molar-refractivity contribution is -0.137. The highest BCUT2D eigenvalue weighted by Crippen LogP contribution is 2.30. The minimum atomic E-state index is -4.53. The summed E-state index contributed by atoms with van der Waals surface area (Å²) >= 11 is 0. The van der Waals surface area contributed by atoms with E-state index in [0.717, 1.165) is 12.1 Å². The van der Waals surface area contributed by atoms with Gasteiger partial charge in [0.2, 0.25) is 5.91 Å². The van der Waals surface area contributed by atoms with Crippen LogP contribution in [0.4, 0.5) is 24.5 Å². The van der Waals surface area contributed by atoms with E-state index in [1.807, 2.05) is 6.92 Å². The summed E-state index contributed by atoms with van der Waals surface area (Å²) in [6.07, 6.45) is -4.53. The van der Waals surface area contributed by atoms with Crippen molar-refractivity contribution < 1.29 is 32.3 Å². The molecule has 0 saturated carbocycles. The Kier molecular flexibility index (Phi) is 8.08. The molecule has 0 aliphatic carbocycles. The highest BCUT2D eigenvalue weighted by molar-refractivity contribution is 6.05. The summed E-state index contributed by atoms with van der Waals surface area (Å²) in [7, 11) is 0. The van der Waals surface area contributed by atoms with Crippen molar-refractivity contribution in [2.45, 2.75) is 13.1 Å². The number of benzene rings is 3. The third kappa shape index (κ3) is 7.32. The molecule has 3 aromatic carbocycles. The van der Waals surface area contributed by atoms with Gasteiger partial charge in [-0.3, -0.25) is 14.4 Å². The van der Waals surface area contributed by atoms with Crippen LogP contribution in [0.15, 0.2) is 72.8 Å². The minimum absolute atomic E-state index is 0.0173. The van der Waals surface area contributed by atoms with E-state index in [2.05, 4.69) is 16.0 Å². The van der Waals surface area contributed by atoms with Gasteiger partial charge in [-0.2, -0.15) is 13.2 Å². The Labute approximate surface area is 199 Å². The second kappa shape index (κ2) is 11.2. The molecule has 3 amide bonds. The molecular weight excluding hydrogens is 463 g/mol. The van der Waals surface area contributed by atoms with Crippen LogP contribution in [0.5, 0.6) is 5.75 Å². The van der Waals surface area contributed by atoms with Gasteiger partial charge in [0.15, 0.2) is 0 Å². The lowest BCUT2D eigenvalue weighted by atomic mass is 10.1. The van der Waals surface area contributed by atoms with Gasteiger partial charge in [-0.15, -0.1) is 0 Å². The summed E-state index contributed by atoms with van der Waals surface area (Å²) < 4.78 is 43.9. The number of ether oxygens (including phenoxy) is 1. The highest BCUT2D eigenvalue weighted by atomic mass is 19.4. The third-order valence-corrected chi connectivity index (χ3v) is 4.69. The number of carbonyl (C=O) groups excluding carboxylic acids is 3. The smallest absolute Gasteiger partial charge is 0.416 e. The van der Waals surface area contributed by atoms with Gasteiger partial charge in [0, 0.05) is 22.5 Å². The fourth-order valence-corrected chi connectivity index (χ4v) is 3.05. The molecule has 0 heterocycles. The zero-order valence-corrected chi connectivity index (χ0v) is 18.6. The number of halogens is 3. The molecule has 35 heavy (non-hydrogen) atoms. The van der Waals surface area contributed by atoms with E-state index in [1.165, 1.54) is 36.4 Å². The number of hydrogen-bond donors (Lipinski definition) is 3. The zero-order chi connectivity index (χ0) is 25.4. The van der Waals surface area contributed by atoms with Crippen molar-refractivity contribution in [2.75, 3.05) is 23.8 Å². The molecule has 0 aromatic heterocycles. The van der Waals surface area contributed by atoms with Crippen molar-refractivity contribution in [3.63, 3.8) is 0 Å².